The van der Waals surface area contributed by atoms with E-state index >= 15 is 0 Å². The zero-order valence-electron chi connectivity index (χ0n) is 13.5. The predicted octanol–water partition coefficient (Wildman–Crippen LogP) is 5.32. The van der Waals surface area contributed by atoms with Gasteiger partial charge in [-0.05, 0) is 24.0 Å². The minimum Gasteiger partial charge on any atom is -0.489 e. The quantitative estimate of drug-likeness (QED) is 0.577. The maximum Gasteiger partial charge on any atom is 0.161 e. The molecule has 0 saturated heterocycles. The van der Waals surface area contributed by atoms with Gasteiger partial charge in [0, 0.05) is 0 Å². The zero-order chi connectivity index (χ0) is 14.8. The van der Waals surface area contributed by atoms with Crippen LogP contribution in [0, 0.1) is 11.8 Å². The van der Waals surface area contributed by atoms with E-state index in [2.05, 4.69) is 27.7 Å². The van der Waals surface area contributed by atoms with Gasteiger partial charge in [0.1, 0.15) is 0 Å². The molecule has 0 unspecified atom stereocenters. The van der Waals surface area contributed by atoms with Crippen LogP contribution in [-0.4, -0.2) is 13.2 Å². The van der Waals surface area contributed by atoms with Crippen molar-refractivity contribution in [2.45, 2.75) is 53.4 Å². The molecule has 1 rings (SSSR count). The minimum absolute atomic E-state index is 0.627. The molecule has 0 N–H and O–H groups in total. The highest BCUT2D eigenvalue weighted by molar-refractivity contribution is 5.39. The summed E-state index contributed by atoms with van der Waals surface area (Å²) in [4.78, 5) is 0. The molecule has 0 aliphatic rings. The molecular weight excluding hydrogens is 248 g/mol. The molecule has 0 spiro atoms. The molecule has 0 heterocycles. The predicted molar refractivity (Wildman–Crippen MR) is 85.6 cm³/mol. The lowest BCUT2D eigenvalue weighted by Gasteiger charge is -2.18. The van der Waals surface area contributed by atoms with Gasteiger partial charge in [0.15, 0.2) is 11.5 Å². The number of rotatable bonds is 10. The third-order valence-corrected chi connectivity index (χ3v) is 4.11. The van der Waals surface area contributed by atoms with Gasteiger partial charge in [-0.3, -0.25) is 0 Å². The van der Waals surface area contributed by atoms with Gasteiger partial charge in [0.05, 0.1) is 13.2 Å². The monoisotopic (exact) mass is 278 g/mol. The Morgan fingerprint density at radius 2 is 1.05 bits per heavy atom. The highest BCUT2D eigenvalue weighted by atomic mass is 16.5. The molecule has 0 aliphatic carbocycles. The smallest absolute Gasteiger partial charge is 0.161 e. The van der Waals surface area contributed by atoms with Crippen molar-refractivity contribution >= 4 is 0 Å². The van der Waals surface area contributed by atoms with Crippen molar-refractivity contribution in [1.29, 1.82) is 0 Å². The summed E-state index contributed by atoms with van der Waals surface area (Å²) in [6.45, 7) is 10.4. The summed E-state index contributed by atoms with van der Waals surface area (Å²) < 4.78 is 11.9. The Morgan fingerprint density at radius 3 is 1.35 bits per heavy atom. The Labute approximate surface area is 124 Å². The number of ether oxygens (including phenoxy) is 2. The van der Waals surface area contributed by atoms with Crippen LogP contribution in [0.5, 0.6) is 11.5 Å². The first-order valence-electron chi connectivity index (χ1n) is 8.09. The molecule has 20 heavy (non-hydrogen) atoms. The molecule has 114 valence electrons. The fourth-order valence-corrected chi connectivity index (χ4v) is 2.15. The van der Waals surface area contributed by atoms with Crippen molar-refractivity contribution in [2.24, 2.45) is 11.8 Å². The third kappa shape index (κ3) is 5.44. The lowest BCUT2D eigenvalue weighted by atomic mass is 10.1. The van der Waals surface area contributed by atoms with E-state index in [-0.39, 0.29) is 0 Å². The van der Waals surface area contributed by atoms with E-state index in [9.17, 15) is 0 Å². The van der Waals surface area contributed by atoms with E-state index in [1.165, 1.54) is 0 Å². The summed E-state index contributed by atoms with van der Waals surface area (Å²) in [5, 5.41) is 0. The van der Waals surface area contributed by atoms with Gasteiger partial charge < -0.3 is 9.47 Å². The molecule has 0 amide bonds. The highest BCUT2D eigenvalue weighted by Crippen LogP contribution is 2.28. The Kier molecular flexibility index (Phi) is 8.17. The molecule has 1 aromatic rings. The lowest BCUT2D eigenvalue weighted by Crippen LogP contribution is -2.13. The second kappa shape index (κ2) is 9.68. The van der Waals surface area contributed by atoms with Crippen LogP contribution in [0.2, 0.25) is 0 Å². The second-order valence-electron chi connectivity index (χ2n) is 5.43. The first kappa shape index (κ1) is 16.9. The molecule has 0 atom stereocenters. The van der Waals surface area contributed by atoms with Crippen molar-refractivity contribution in [3.63, 3.8) is 0 Å². The maximum absolute atomic E-state index is 5.96. The maximum atomic E-state index is 5.96. The van der Waals surface area contributed by atoms with Crippen LogP contribution < -0.4 is 9.47 Å². The number of benzene rings is 1. The van der Waals surface area contributed by atoms with Crippen molar-refractivity contribution in [2.75, 3.05) is 13.2 Å². The van der Waals surface area contributed by atoms with Gasteiger partial charge in [-0.15, -0.1) is 0 Å². The van der Waals surface area contributed by atoms with Gasteiger partial charge in [0.25, 0.3) is 0 Å². The first-order valence-corrected chi connectivity index (χ1v) is 8.09. The number of hydrogen-bond acceptors (Lipinski definition) is 2. The van der Waals surface area contributed by atoms with Crippen LogP contribution in [-0.2, 0) is 0 Å². The van der Waals surface area contributed by atoms with Crippen LogP contribution in [0.15, 0.2) is 24.3 Å². The van der Waals surface area contributed by atoms with E-state index < -0.39 is 0 Å². The summed E-state index contributed by atoms with van der Waals surface area (Å²) in [6.07, 6.45) is 4.64. The highest BCUT2D eigenvalue weighted by Gasteiger charge is 2.10. The molecule has 0 saturated carbocycles. The van der Waals surface area contributed by atoms with E-state index in [4.69, 9.17) is 9.47 Å². The summed E-state index contributed by atoms with van der Waals surface area (Å²) >= 11 is 0. The standard InChI is InChI=1S/C18H30O2/c1-5-15(6-2)13-19-17-11-9-10-12-18(17)20-14-16(7-3)8-4/h9-12,15-16H,5-8,13-14H2,1-4H3. The van der Waals surface area contributed by atoms with Crippen LogP contribution in [0.1, 0.15) is 53.4 Å². The van der Waals surface area contributed by atoms with E-state index in [0.717, 1.165) is 50.4 Å². The molecule has 0 bridgehead atoms. The second-order valence-corrected chi connectivity index (χ2v) is 5.43. The third-order valence-electron chi connectivity index (χ3n) is 4.11. The van der Waals surface area contributed by atoms with E-state index in [1.54, 1.807) is 0 Å². The Bertz CT molecular complexity index is 319. The molecule has 0 radical (unpaired) electrons. The van der Waals surface area contributed by atoms with Gasteiger partial charge >= 0.3 is 0 Å². The summed E-state index contributed by atoms with van der Waals surface area (Å²) in [7, 11) is 0. The van der Waals surface area contributed by atoms with Gasteiger partial charge in [-0.2, -0.15) is 0 Å². The normalized spacial score (nSPS) is 11.1. The van der Waals surface area contributed by atoms with Crippen LogP contribution in [0.3, 0.4) is 0 Å². The summed E-state index contributed by atoms with van der Waals surface area (Å²) in [5.41, 5.74) is 0. The van der Waals surface area contributed by atoms with Crippen molar-refractivity contribution in [3.8, 4) is 11.5 Å². The van der Waals surface area contributed by atoms with Crippen LogP contribution >= 0.6 is 0 Å². The summed E-state index contributed by atoms with van der Waals surface area (Å²) in [5.74, 6) is 3.01. The molecule has 2 nitrogen and oxygen atoms in total. The van der Waals surface area contributed by atoms with Crippen molar-refractivity contribution in [1.82, 2.24) is 0 Å². The number of para-hydroxylation sites is 2. The van der Waals surface area contributed by atoms with E-state index in [1.807, 2.05) is 24.3 Å². The average Bonchev–Trinajstić information content (AvgIpc) is 2.50. The Balaban J connectivity index is 2.58. The van der Waals surface area contributed by atoms with Gasteiger partial charge in [0.2, 0.25) is 0 Å². The van der Waals surface area contributed by atoms with Gasteiger partial charge in [-0.1, -0.05) is 65.5 Å². The SMILES string of the molecule is CCC(CC)COc1ccccc1OCC(CC)CC. The topological polar surface area (TPSA) is 18.5 Å². The van der Waals surface area contributed by atoms with Crippen molar-refractivity contribution in [3.05, 3.63) is 24.3 Å². The summed E-state index contributed by atoms with van der Waals surface area (Å²) in [6, 6.07) is 8.02. The van der Waals surface area contributed by atoms with Gasteiger partial charge in [-0.25, -0.2) is 0 Å². The zero-order valence-corrected chi connectivity index (χ0v) is 13.5. The molecule has 2 heteroatoms. The fraction of sp³-hybridized carbons (Fsp3) is 0.667. The lowest BCUT2D eigenvalue weighted by molar-refractivity contribution is 0.205. The molecule has 1 aromatic carbocycles. The Morgan fingerprint density at radius 1 is 0.700 bits per heavy atom. The average molecular weight is 278 g/mol. The number of hydrogen-bond donors (Lipinski definition) is 0. The van der Waals surface area contributed by atoms with Crippen molar-refractivity contribution < 1.29 is 9.47 Å². The largest absolute Gasteiger partial charge is 0.489 e. The molecule has 0 fully saturated rings. The van der Waals surface area contributed by atoms with Crippen LogP contribution in [0.4, 0.5) is 0 Å². The molecule has 0 aromatic heterocycles. The van der Waals surface area contributed by atoms with Crippen LogP contribution in [0.25, 0.3) is 0 Å². The fourth-order valence-electron chi connectivity index (χ4n) is 2.15. The Hall–Kier alpha value is -1.18. The minimum atomic E-state index is 0.627. The molecular formula is C18H30O2. The molecule has 0 aliphatic heterocycles. The first-order chi connectivity index (χ1) is 9.74. The van der Waals surface area contributed by atoms with E-state index in [0.29, 0.717) is 11.8 Å².